The maximum absolute atomic E-state index is 12.1. The van der Waals surface area contributed by atoms with Crippen LogP contribution in [0.2, 0.25) is 0 Å². The highest BCUT2D eigenvalue weighted by molar-refractivity contribution is 9.10. The Morgan fingerprint density at radius 3 is 2.53 bits per heavy atom. The summed E-state index contributed by atoms with van der Waals surface area (Å²) in [5.74, 6) is 0.112. The van der Waals surface area contributed by atoms with E-state index in [-0.39, 0.29) is 17.4 Å². The Bertz CT molecular complexity index is 434. The Morgan fingerprint density at radius 1 is 1.42 bits per heavy atom. The maximum atomic E-state index is 12.1. The Morgan fingerprint density at radius 2 is 2.05 bits per heavy atom. The molecule has 1 aliphatic carbocycles. The lowest BCUT2D eigenvalue weighted by atomic mass is 9.66. The van der Waals surface area contributed by atoms with Crippen LogP contribution in [0.15, 0.2) is 28.7 Å². The van der Waals surface area contributed by atoms with Gasteiger partial charge in [-0.3, -0.25) is 4.79 Å². The van der Waals surface area contributed by atoms with Gasteiger partial charge in [0.25, 0.3) is 0 Å². The molecule has 0 bridgehead atoms. The lowest BCUT2D eigenvalue weighted by molar-refractivity contribution is -0.125. The molecule has 1 aromatic rings. The molecular formula is C15H21BrN2O. The summed E-state index contributed by atoms with van der Waals surface area (Å²) >= 11 is 3.41. The van der Waals surface area contributed by atoms with Gasteiger partial charge in [-0.15, -0.1) is 0 Å². The second-order valence-corrected chi connectivity index (χ2v) is 6.49. The van der Waals surface area contributed by atoms with Crippen molar-refractivity contribution in [2.24, 2.45) is 11.1 Å². The summed E-state index contributed by atoms with van der Waals surface area (Å²) in [4.78, 5) is 12.1. The third-order valence-electron chi connectivity index (χ3n) is 4.13. The summed E-state index contributed by atoms with van der Waals surface area (Å²) in [7, 11) is 0. The molecule has 1 unspecified atom stereocenters. The van der Waals surface area contributed by atoms with E-state index in [4.69, 9.17) is 5.73 Å². The fourth-order valence-electron chi connectivity index (χ4n) is 2.60. The second kappa shape index (κ2) is 6.06. The molecule has 0 heterocycles. The molecule has 3 N–H and O–H groups in total. The Balaban J connectivity index is 1.89. The summed E-state index contributed by atoms with van der Waals surface area (Å²) in [5.41, 5.74) is 6.98. The number of carbonyl (C=O) groups is 1. The fraction of sp³-hybridized carbons (Fsp3) is 0.533. The number of hydrogen-bond acceptors (Lipinski definition) is 2. The van der Waals surface area contributed by atoms with Gasteiger partial charge in [0.05, 0.1) is 6.04 Å². The normalized spacial score (nSPS) is 18.5. The summed E-state index contributed by atoms with van der Waals surface area (Å²) in [5, 5.41) is 3.06. The highest BCUT2D eigenvalue weighted by Crippen LogP contribution is 2.42. The minimum absolute atomic E-state index is 0.0375. The van der Waals surface area contributed by atoms with Crippen molar-refractivity contribution >= 4 is 21.8 Å². The van der Waals surface area contributed by atoms with E-state index in [1.54, 1.807) is 0 Å². The van der Waals surface area contributed by atoms with Crippen LogP contribution in [-0.2, 0) is 4.79 Å². The Kier molecular flexibility index (Phi) is 4.63. The van der Waals surface area contributed by atoms with Crippen LogP contribution in [0.5, 0.6) is 0 Å². The van der Waals surface area contributed by atoms with E-state index in [0.29, 0.717) is 13.0 Å². The fourth-order valence-corrected chi connectivity index (χ4v) is 2.86. The maximum Gasteiger partial charge on any atom is 0.221 e. The first kappa shape index (κ1) is 14.5. The van der Waals surface area contributed by atoms with Crippen LogP contribution in [0, 0.1) is 5.41 Å². The van der Waals surface area contributed by atoms with Gasteiger partial charge in [0.2, 0.25) is 5.91 Å². The van der Waals surface area contributed by atoms with Crippen LogP contribution in [0.1, 0.15) is 44.2 Å². The van der Waals surface area contributed by atoms with Crippen molar-refractivity contribution in [3.8, 4) is 0 Å². The van der Waals surface area contributed by atoms with Crippen LogP contribution >= 0.6 is 15.9 Å². The molecule has 0 radical (unpaired) electrons. The van der Waals surface area contributed by atoms with Crippen molar-refractivity contribution < 1.29 is 4.79 Å². The van der Waals surface area contributed by atoms with E-state index < -0.39 is 0 Å². The van der Waals surface area contributed by atoms with E-state index in [0.717, 1.165) is 22.9 Å². The van der Waals surface area contributed by atoms with E-state index in [1.807, 2.05) is 31.2 Å². The quantitative estimate of drug-likeness (QED) is 0.874. The average molecular weight is 325 g/mol. The third-order valence-corrected chi connectivity index (χ3v) is 4.66. The Labute approximate surface area is 123 Å². The van der Waals surface area contributed by atoms with Crippen LogP contribution < -0.4 is 11.1 Å². The van der Waals surface area contributed by atoms with Gasteiger partial charge in [-0.05, 0) is 49.4 Å². The van der Waals surface area contributed by atoms with Crippen molar-refractivity contribution in [1.82, 2.24) is 5.32 Å². The minimum Gasteiger partial charge on any atom is -0.350 e. The van der Waals surface area contributed by atoms with Gasteiger partial charge in [0, 0.05) is 10.9 Å². The third kappa shape index (κ3) is 3.57. The topological polar surface area (TPSA) is 55.1 Å². The van der Waals surface area contributed by atoms with Gasteiger partial charge in [-0.25, -0.2) is 0 Å². The molecule has 104 valence electrons. The van der Waals surface area contributed by atoms with Crippen molar-refractivity contribution in [3.63, 3.8) is 0 Å². The lowest BCUT2D eigenvalue weighted by Gasteiger charge is -2.40. The highest BCUT2D eigenvalue weighted by atomic mass is 79.9. The molecule has 3 nitrogen and oxygen atoms in total. The van der Waals surface area contributed by atoms with Gasteiger partial charge in [-0.2, -0.15) is 0 Å². The SMILES string of the molecule is CC(NC(=O)CC1(CN)CCC1)c1ccc(Br)cc1. The van der Waals surface area contributed by atoms with Crippen LogP contribution in [0.4, 0.5) is 0 Å². The molecule has 2 rings (SSSR count). The first-order chi connectivity index (χ1) is 9.04. The summed E-state index contributed by atoms with van der Waals surface area (Å²) in [6.07, 6.45) is 3.93. The van der Waals surface area contributed by atoms with E-state index in [1.165, 1.54) is 6.42 Å². The molecule has 1 saturated carbocycles. The van der Waals surface area contributed by atoms with E-state index in [9.17, 15) is 4.79 Å². The van der Waals surface area contributed by atoms with Crippen molar-refractivity contribution in [2.75, 3.05) is 6.54 Å². The van der Waals surface area contributed by atoms with E-state index >= 15 is 0 Å². The molecular weight excluding hydrogens is 304 g/mol. The van der Waals surface area contributed by atoms with Crippen molar-refractivity contribution in [2.45, 2.75) is 38.6 Å². The first-order valence-corrected chi connectivity index (χ1v) is 7.59. The summed E-state index contributed by atoms with van der Waals surface area (Å²) < 4.78 is 1.05. The number of nitrogens with one attached hydrogen (secondary N) is 1. The molecule has 1 fully saturated rings. The lowest BCUT2D eigenvalue weighted by Crippen LogP contribution is -2.42. The zero-order valence-electron chi connectivity index (χ0n) is 11.3. The van der Waals surface area contributed by atoms with Gasteiger partial charge in [0.1, 0.15) is 0 Å². The largest absolute Gasteiger partial charge is 0.350 e. The molecule has 0 saturated heterocycles. The zero-order valence-corrected chi connectivity index (χ0v) is 12.9. The molecule has 0 spiro atoms. The number of rotatable bonds is 5. The van der Waals surface area contributed by atoms with Crippen molar-refractivity contribution in [3.05, 3.63) is 34.3 Å². The Hall–Kier alpha value is -0.870. The smallest absolute Gasteiger partial charge is 0.221 e. The minimum atomic E-state index is 0.0375. The molecule has 0 aliphatic heterocycles. The van der Waals surface area contributed by atoms with Crippen LogP contribution in [0.3, 0.4) is 0 Å². The molecule has 4 heteroatoms. The predicted molar refractivity (Wildman–Crippen MR) is 80.7 cm³/mol. The number of amides is 1. The average Bonchev–Trinajstić information content (AvgIpc) is 2.34. The molecule has 1 aliphatic rings. The van der Waals surface area contributed by atoms with Crippen LogP contribution in [-0.4, -0.2) is 12.5 Å². The molecule has 19 heavy (non-hydrogen) atoms. The van der Waals surface area contributed by atoms with Gasteiger partial charge in [-0.1, -0.05) is 34.5 Å². The van der Waals surface area contributed by atoms with E-state index in [2.05, 4.69) is 21.2 Å². The molecule has 0 aromatic heterocycles. The predicted octanol–water partition coefficient (Wildman–Crippen LogP) is 3.15. The number of carbonyl (C=O) groups excluding carboxylic acids is 1. The second-order valence-electron chi connectivity index (χ2n) is 5.58. The first-order valence-electron chi connectivity index (χ1n) is 6.80. The van der Waals surface area contributed by atoms with Gasteiger partial charge < -0.3 is 11.1 Å². The van der Waals surface area contributed by atoms with Gasteiger partial charge >= 0.3 is 0 Å². The number of hydrogen-bond donors (Lipinski definition) is 2. The molecule has 1 atom stereocenters. The van der Waals surface area contributed by atoms with Crippen molar-refractivity contribution in [1.29, 1.82) is 0 Å². The van der Waals surface area contributed by atoms with Gasteiger partial charge in [0.15, 0.2) is 0 Å². The summed E-state index contributed by atoms with van der Waals surface area (Å²) in [6.45, 7) is 2.63. The zero-order chi connectivity index (χ0) is 13.9. The monoisotopic (exact) mass is 324 g/mol. The highest BCUT2D eigenvalue weighted by Gasteiger charge is 2.37. The number of benzene rings is 1. The molecule has 1 aromatic carbocycles. The number of nitrogens with two attached hydrogens (primary N) is 1. The standard InChI is InChI=1S/C15H21BrN2O/c1-11(12-3-5-13(16)6-4-12)18-14(19)9-15(10-17)7-2-8-15/h3-6,11H,2,7-10,17H2,1H3,(H,18,19). The number of halogens is 1. The summed E-state index contributed by atoms with van der Waals surface area (Å²) in [6, 6.07) is 8.07. The molecule has 1 amide bonds. The van der Waals surface area contributed by atoms with Crippen LogP contribution in [0.25, 0.3) is 0 Å².